The summed E-state index contributed by atoms with van der Waals surface area (Å²) in [5, 5.41) is 11.8. The van der Waals surface area contributed by atoms with Crippen molar-refractivity contribution in [2.45, 2.75) is 25.7 Å². The average molecular weight is 268 g/mol. The summed E-state index contributed by atoms with van der Waals surface area (Å²) in [6, 6.07) is 0. The van der Waals surface area contributed by atoms with Gasteiger partial charge in [0.15, 0.2) is 5.84 Å². The molecule has 2 aliphatic rings. The number of carbonyl (C=O) groups excluding carboxylic acids is 1. The van der Waals surface area contributed by atoms with Gasteiger partial charge in [-0.3, -0.25) is 4.79 Å². The molecule has 1 saturated heterocycles. The van der Waals surface area contributed by atoms with Crippen LogP contribution in [0.4, 0.5) is 0 Å². The van der Waals surface area contributed by atoms with E-state index < -0.39 is 5.41 Å². The summed E-state index contributed by atoms with van der Waals surface area (Å²) in [6.45, 7) is 2.66. The molecule has 0 bridgehead atoms. The van der Waals surface area contributed by atoms with E-state index in [1.807, 2.05) is 4.90 Å². The molecular formula is C13H24N4O2. The molecule has 6 heteroatoms. The van der Waals surface area contributed by atoms with Crippen molar-refractivity contribution in [2.75, 3.05) is 33.7 Å². The lowest BCUT2D eigenvalue weighted by Gasteiger charge is -2.35. The first-order chi connectivity index (χ1) is 8.99. The van der Waals surface area contributed by atoms with Crippen LogP contribution in [0.3, 0.4) is 0 Å². The van der Waals surface area contributed by atoms with Crippen molar-refractivity contribution in [3.8, 4) is 0 Å². The Morgan fingerprint density at radius 1 is 1.42 bits per heavy atom. The first-order valence-electron chi connectivity index (χ1n) is 6.91. The van der Waals surface area contributed by atoms with Crippen LogP contribution in [0.1, 0.15) is 25.7 Å². The summed E-state index contributed by atoms with van der Waals surface area (Å²) in [7, 11) is 4.16. The van der Waals surface area contributed by atoms with Gasteiger partial charge in [0.2, 0.25) is 5.91 Å². The van der Waals surface area contributed by atoms with Crippen LogP contribution in [-0.2, 0) is 4.79 Å². The highest BCUT2D eigenvalue weighted by molar-refractivity contribution is 6.09. The summed E-state index contributed by atoms with van der Waals surface area (Å²) < 4.78 is 0. The molecule has 0 atom stereocenters. The maximum absolute atomic E-state index is 12.5. The monoisotopic (exact) mass is 268 g/mol. The van der Waals surface area contributed by atoms with Crippen molar-refractivity contribution in [3.05, 3.63) is 0 Å². The minimum Gasteiger partial charge on any atom is -0.409 e. The van der Waals surface area contributed by atoms with Gasteiger partial charge in [0.05, 0.1) is 0 Å². The number of likely N-dealkylation sites (tertiary alicyclic amines) is 1. The topological polar surface area (TPSA) is 82.2 Å². The number of nitrogens with two attached hydrogens (primary N) is 1. The lowest BCUT2D eigenvalue weighted by molar-refractivity contribution is -0.136. The molecule has 108 valence electrons. The fourth-order valence-corrected chi connectivity index (χ4v) is 2.94. The predicted molar refractivity (Wildman–Crippen MR) is 72.9 cm³/mol. The molecule has 0 aromatic heterocycles. The molecular weight excluding hydrogens is 244 g/mol. The van der Waals surface area contributed by atoms with Crippen LogP contribution in [0.5, 0.6) is 0 Å². The summed E-state index contributed by atoms with van der Waals surface area (Å²) in [5.74, 6) is 0.789. The third-order valence-electron chi connectivity index (χ3n) is 4.28. The van der Waals surface area contributed by atoms with Crippen molar-refractivity contribution < 1.29 is 10.0 Å². The van der Waals surface area contributed by atoms with Gasteiger partial charge in [0, 0.05) is 19.6 Å². The Morgan fingerprint density at radius 3 is 2.42 bits per heavy atom. The predicted octanol–water partition coefficient (Wildman–Crippen LogP) is 0.313. The number of carbonyl (C=O) groups is 1. The highest BCUT2D eigenvalue weighted by Gasteiger charge is 2.55. The van der Waals surface area contributed by atoms with Crippen molar-refractivity contribution in [2.24, 2.45) is 22.2 Å². The quantitative estimate of drug-likeness (QED) is 0.333. The van der Waals surface area contributed by atoms with Crippen molar-refractivity contribution >= 4 is 11.7 Å². The Kier molecular flexibility index (Phi) is 3.99. The van der Waals surface area contributed by atoms with Crippen LogP contribution in [0.2, 0.25) is 0 Å². The summed E-state index contributed by atoms with van der Waals surface area (Å²) in [5.41, 5.74) is 4.97. The molecule has 1 aliphatic carbocycles. The summed E-state index contributed by atoms with van der Waals surface area (Å²) >= 11 is 0. The molecule has 0 aromatic rings. The first-order valence-corrected chi connectivity index (χ1v) is 6.91. The van der Waals surface area contributed by atoms with Crippen molar-refractivity contribution in [1.29, 1.82) is 0 Å². The standard InChI is InChI=1S/C13H24N4O2/c1-16(2)9-10-3-7-17(8-4-10)12(18)13(5-6-13)11(14)15-19/h10,19H,3-9H2,1-2H3,(H2,14,15). The molecule has 6 nitrogen and oxygen atoms in total. The van der Waals surface area contributed by atoms with E-state index >= 15 is 0 Å². The van der Waals surface area contributed by atoms with E-state index in [0.717, 1.165) is 32.5 Å². The Morgan fingerprint density at radius 2 is 2.00 bits per heavy atom. The third-order valence-corrected chi connectivity index (χ3v) is 4.28. The van der Waals surface area contributed by atoms with E-state index in [2.05, 4.69) is 24.2 Å². The van der Waals surface area contributed by atoms with Crippen LogP contribution < -0.4 is 5.73 Å². The van der Waals surface area contributed by atoms with Gasteiger partial charge in [-0.25, -0.2) is 0 Å². The SMILES string of the molecule is CN(C)CC1CCN(C(=O)C2(C(N)=NO)CC2)CC1. The molecule has 1 saturated carbocycles. The molecule has 1 aliphatic heterocycles. The normalized spacial score (nSPS) is 23.7. The van der Waals surface area contributed by atoms with Crippen molar-refractivity contribution in [3.63, 3.8) is 0 Å². The number of amidine groups is 1. The van der Waals surface area contributed by atoms with E-state index in [1.54, 1.807) is 0 Å². The second kappa shape index (κ2) is 5.36. The Hall–Kier alpha value is -1.30. The van der Waals surface area contributed by atoms with Crippen LogP contribution in [0.25, 0.3) is 0 Å². The van der Waals surface area contributed by atoms with Gasteiger partial charge in [0.1, 0.15) is 5.41 Å². The molecule has 0 aromatic carbocycles. The van der Waals surface area contributed by atoms with Gasteiger partial charge in [-0.15, -0.1) is 0 Å². The van der Waals surface area contributed by atoms with E-state index in [9.17, 15) is 4.79 Å². The number of amides is 1. The fraction of sp³-hybridized carbons (Fsp3) is 0.846. The first kappa shape index (κ1) is 14.1. The zero-order valence-corrected chi connectivity index (χ0v) is 11.8. The van der Waals surface area contributed by atoms with Crippen LogP contribution >= 0.6 is 0 Å². The van der Waals surface area contributed by atoms with E-state index in [4.69, 9.17) is 10.9 Å². The molecule has 19 heavy (non-hydrogen) atoms. The van der Waals surface area contributed by atoms with Gasteiger partial charge in [0.25, 0.3) is 0 Å². The van der Waals surface area contributed by atoms with Crippen LogP contribution in [-0.4, -0.2) is 60.5 Å². The molecule has 3 N–H and O–H groups in total. The third kappa shape index (κ3) is 2.83. The number of nitrogens with zero attached hydrogens (tertiary/aromatic N) is 3. The van der Waals surface area contributed by atoms with E-state index in [-0.39, 0.29) is 11.7 Å². The van der Waals surface area contributed by atoms with Crippen LogP contribution in [0.15, 0.2) is 5.16 Å². The lowest BCUT2D eigenvalue weighted by Crippen LogP contribution is -2.47. The number of hydrogen-bond acceptors (Lipinski definition) is 4. The smallest absolute Gasteiger partial charge is 0.236 e. The van der Waals surface area contributed by atoms with Gasteiger partial charge in [-0.05, 0) is 45.7 Å². The Bertz CT molecular complexity index is 369. The molecule has 2 fully saturated rings. The number of piperidine rings is 1. The highest BCUT2D eigenvalue weighted by Crippen LogP contribution is 2.47. The second-order valence-electron chi connectivity index (χ2n) is 6.07. The number of oxime groups is 1. The minimum absolute atomic E-state index is 0.0473. The fourth-order valence-electron chi connectivity index (χ4n) is 2.94. The van der Waals surface area contributed by atoms with Gasteiger partial charge < -0.3 is 20.7 Å². The lowest BCUT2D eigenvalue weighted by atomic mass is 9.94. The average Bonchev–Trinajstić information content (AvgIpc) is 3.18. The second-order valence-corrected chi connectivity index (χ2v) is 6.07. The highest BCUT2D eigenvalue weighted by atomic mass is 16.4. The molecule has 1 amide bonds. The summed E-state index contributed by atoms with van der Waals surface area (Å²) in [6.07, 6.45) is 3.49. The molecule has 1 heterocycles. The maximum atomic E-state index is 12.5. The number of rotatable bonds is 4. The van der Waals surface area contributed by atoms with Crippen molar-refractivity contribution in [1.82, 2.24) is 9.80 Å². The van der Waals surface area contributed by atoms with E-state index in [0.29, 0.717) is 18.8 Å². The summed E-state index contributed by atoms with van der Waals surface area (Å²) in [4.78, 5) is 16.5. The Labute approximate surface area is 114 Å². The van der Waals surface area contributed by atoms with Crippen LogP contribution in [0, 0.1) is 11.3 Å². The molecule has 0 radical (unpaired) electrons. The maximum Gasteiger partial charge on any atom is 0.236 e. The zero-order chi connectivity index (χ0) is 14.0. The number of hydrogen-bond donors (Lipinski definition) is 2. The van der Waals surface area contributed by atoms with E-state index in [1.165, 1.54) is 0 Å². The van der Waals surface area contributed by atoms with Gasteiger partial charge in [-0.1, -0.05) is 5.16 Å². The molecule has 2 rings (SSSR count). The van der Waals surface area contributed by atoms with Gasteiger partial charge >= 0.3 is 0 Å². The largest absolute Gasteiger partial charge is 0.409 e. The zero-order valence-electron chi connectivity index (χ0n) is 11.8. The minimum atomic E-state index is -0.691. The van der Waals surface area contributed by atoms with Gasteiger partial charge in [-0.2, -0.15) is 0 Å². The molecule has 0 unspecified atom stereocenters. The molecule has 0 spiro atoms. The Balaban J connectivity index is 1.90.